The lowest BCUT2D eigenvalue weighted by molar-refractivity contribution is -0.118. The predicted molar refractivity (Wildman–Crippen MR) is 141 cm³/mol. The van der Waals surface area contributed by atoms with Gasteiger partial charge in [0.05, 0.1) is 11.4 Å². The SMILES string of the molecule is CC(=O)Nc1ccc(NC(=O)CN2CCC3(CC2)CCC(C)(C)N(S(=O)(=O)c2ccccc2)C3)cc1. The Kier molecular flexibility index (Phi) is 7.54. The third-order valence-electron chi connectivity index (χ3n) is 7.53. The molecule has 0 saturated carbocycles. The first kappa shape index (κ1) is 26.3. The maximum atomic E-state index is 13.5. The highest BCUT2D eigenvalue weighted by Gasteiger charge is 2.49. The number of rotatable bonds is 6. The van der Waals surface area contributed by atoms with Crippen molar-refractivity contribution in [2.75, 3.05) is 36.8 Å². The van der Waals surface area contributed by atoms with Crippen molar-refractivity contribution in [1.29, 1.82) is 0 Å². The first-order valence-electron chi connectivity index (χ1n) is 12.5. The number of hydrogen-bond donors (Lipinski definition) is 2. The van der Waals surface area contributed by atoms with Crippen LogP contribution in [0, 0.1) is 5.41 Å². The topological polar surface area (TPSA) is 98.8 Å². The molecule has 0 atom stereocenters. The number of nitrogens with one attached hydrogen (secondary N) is 2. The van der Waals surface area contributed by atoms with E-state index in [-0.39, 0.29) is 17.2 Å². The van der Waals surface area contributed by atoms with Crippen molar-refractivity contribution in [3.05, 3.63) is 54.6 Å². The van der Waals surface area contributed by atoms with Crippen LogP contribution in [0.2, 0.25) is 0 Å². The maximum Gasteiger partial charge on any atom is 0.243 e. The second-order valence-corrected chi connectivity index (χ2v) is 12.6. The van der Waals surface area contributed by atoms with Gasteiger partial charge < -0.3 is 10.6 Å². The smallest absolute Gasteiger partial charge is 0.243 e. The molecule has 0 bridgehead atoms. The van der Waals surface area contributed by atoms with Crippen LogP contribution in [0.5, 0.6) is 0 Å². The van der Waals surface area contributed by atoms with Crippen molar-refractivity contribution >= 4 is 33.2 Å². The number of anilines is 2. The van der Waals surface area contributed by atoms with Crippen LogP contribution in [0.15, 0.2) is 59.5 Å². The summed E-state index contributed by atoms with van der Waals surface area (Å²) in [6, 6.07) is 15.7. The Labute approximate surface area is 214 Å². The van der Waals surface area contributed by atoms with Gasteiger partial charge in [-0.25, -0.2) is 8.42 Å². The van der Waals surface area contributed by atoms with Gasteiger partial charge in [0, 0.05) is 30.4 Å². The van der Waals surface area contributed by atoms with E-state index in [0.29, 0.717) is 29.4 Å². The molecule has 36 heavy (non-hydrogen) atoms. The quantitative estimate of drug-likeness (QED) is 0.611. The molecule has 2 aliphatic rings. The molecule has 4 rings (SSSR count). The van der Waals surface area contributed by atoms with Crippen LogP contribution >= 0.6 is 0 Å². The van der Waals surface area contributed by atoms with Gasteiger partial charge in [0.2, 0.25) is 21.8 Å². The van der Waals surface area contributed by atoms with Gasteiger partial charge in [-0.15, -0.1) is 0 Å². The highest BCUT2D eigenvalue weighted by atomic mass is 32.2. The summed E-state index contributed by atoms with van der Waals surface area (Å²) in [5.41, 5.74) is 0.857. The van der Waals surface area contributed by atoms with E-state index < -0.39 is 15.6 Å². The molecule has 8 nitrogen and oxygen atoms in total. The van der Waals surface area contributed by atoms with Gasteiger partial charge in [0.25, 0.3) is 0 Å². The Morgan fingerprint density at radius 3 is 2.03 bits per heavy atom. The number of nitrogens with zero attached hydrogens (tertiary/aromatic N) is 2. The highest BCUT2D eigenvalue weighted by molar-refractivity contribution is 7.89. The van der Waals surface area contributed by atoms with E-state index >= 15 is 0 Å². The van der Waals surface area contributed by atoms with E-state index in [0.717, 1.165) is 38.8 Å². The summed E-state index contributed by atoms with van der Waals surface area (Å²) < 4.78 is 28.8. The molecule has 0 aromatic heterocycles. The predicted octanol–water partition coefficient (Wildman–Crippen LogP) is 3.93. The molecule has 194 valence electrons. The standard InChI is InChI=1S/C27H36N4O4S/c1-21(32)28-22-9-11-23(12-10-22)29-25(33)19-30-17-15-27(16-18-30)14-13-26(2,3)31(20-27)36(34,35)24-7-5-4-6-8-24/h4-12H,13-20H2,1-3H3,(H,28,32)(H,29,33). The molecule has 1 spiro atoms. The number of hydrogen-bond acceptors (Lipinski definition) is 5. The maximum absolute atomic E-state index is 13.5. The average Bonchev–Trinajstić information content (AvgIpc) is 2.84. The second kappa shape index (κ2) is 10.3. The van der Waals surface area contributed by atoms with Crippen LogP contribution in [0.25, 0.3) is 0 Å². The van der Waals surface area contributed by atoms with Crippen molar-refractivity contribution in [2.45, 2.75) is 56.9 Å². The van der Waals surface area contributed by atoms with Crippen LogP contribution in [0.1, 0.15) is 46.5 Å². The van der Waals surface area contributed by atoms with Crippen molar-refractivity contribution in [2.24, 2.45) is 5.41 Å². The number of piperidine rings is 2. The normalized spacial score (nSPS) is 20.1. The Morgan fingerprint density at radius 1 is 0.861 bits per heavy atom. The van der Waals surface area contributed by atoms with E-state index in [1.807, 2.05) is 19.9 Å². The van der Waals surface area contributed by atoms with E-state index in [1.54, 1.807) is 52.8 Å². The van der Waals surface area contributed by atoms with E-state index in [9.17, 15) is 18.0 Å². The second-order valence-electron chi connectivity index (χ2n) is 10.7. The molecule has 2 amide bonds. The fourth-order valence-electron chi connectivity index (χ4n) is 5.26. The summed E-state index contributed by atoms with van der Waals surface area (Å²) in [6.45, 7) is 7.81. The van der Waals surface area contributed by atoms with Gasteiger partial charge in [-0.05, 0) is 94.4 Å². The lowest BCUT2D eigenvalue weighted by atomic mass is 9.69. The molecular formula is C27H36N4O4S. The molecule has 2 aromatic rings. The number of carbonyl (C=O) groups is 2. The van der Waals surface area contributed by atoms with E-state index in [1.165, 1.54) is 6.92 Å². The average molecular weight is 513 g/mol. The minimum Gasteiger partial charge on any atom is -0.326 e. The first-order chi connectivity index (χ1) is 17.0. The summed E-state index contributed by atoms with van der Waals surface area (Å²) in [4.78, 5) is 26.3. The summed E-state index contributed by atoms with van der Waals surface area (Å²) >= 11 is 0. The highest BCUT2D eigenvalue weighted by Crippen LogP contribution is 2.46. The molecule has 2 N–H and O–H groups in total. The monoisotopic (exact) mass is 512 g/mol. The molecule has 2 aliphatic heterocycles. The number of benzene rings is 2. The van der Waals surface area contributed by atoms with Gasteiger partial charge in [0.15, 0.2) is 0 Å². The van der Waals surface area contributed by atoms with Crippen molar-refractivity contribution in [3.63, 3.8) is 0 Å². The zero-order chi connectivity index (χ0) is 26.0. The number of likely N-dealkylation sites (tertiary alicyclic amines) is 1. The number of amides is 2. The lowest BCUT2D eigenvalue weighted by Crippen LogP contribution is -2.59. The minimum atomic E-state index is -3.59. The van der Waals surface area contributed by atoms with Crippen LogP contribution in [-0.2, 0) is 19.6 Å². The molecule has 2 fully saturated rings. The van der Waals surface area contributed by atoms with Crippen molar-refractivity contribution in [3.8, 4) is 0 Å². The van der Waals surface area contributed by atoms with Gasteiger partial charge >= 0.3 is 0 Å². The molecule has 2 heterocycles. The minimum absolute atomic E-state index is 0.0656. The molecule has 2 saturated heterocycles. The van der Waals surface area contributed by atoms with E-state index in [2.05, 4.69) is 15.5 Å². The molecular weight excluding hydrogens is 476 g/mol. The molecule has 2 aromatic carbocycles. The Hall–Kier alpha value is -2.75. The zero-order valence-corrected chi connectivity index (χ0v) is 22.1. The Morgan fingerprint density at radius 2 is 1.44 bits per heavy atom. The third-order valence-corrected chi connectivity index (χ3v) is 9.60. The summed E-state index contributed by atoms with van der Waals surface area (Å²) in [5, 5.41) is 5.62. The van der Waals surface area contributed by atoms with Gasteiger partial charge in [-0.1, -0.05) is 18.2 Å². The number of carbonyl (C=O) groups excluding carboxylic acids is 2. The van der Waals surface area contributed by atoms with Crippen LogP contribution in [0.3, 0.4) is 0 Å². The third kappa shape index (κ3) is 5.96. The molecule has 0 unspecified atom stereocenters. The molecule has 0 radical (unpaired) electrons. The van der Waals surface area contributed by atoms with Gasteiger partial charge in [-0.2, -0.15) is 4.31 Å². The summed E-state index contributed by atoms with van der Waals surface area (Å²) in [6.07, 6.45) is 3.53. The first-order valence-corrected chi connectivity index (χ1v) is 13.9. The molecule has 0 aliphatic carbocycles. The van der Waals surface area contributed by atoms with Crippen molar-refractivity contribution < 1.29 is 18.0 Å². The van der Waals surface area contributed by atoms with Crippen LogP contribution in [-0.4, -0.2) is 61.2 Å². The summed E-state index contributed by atoms with van der Waals surface area (Å²) in [7, 11) is -3.59. The van der Waals surface area contributed by atoms with Crippen molar-refractivity contribution in [1.82, 2.24) is 9.21 Å². The van der Waals surface area contributed by atoms with Crippen LogP contribution < -0.4 is 10.6 Å². The fourth-order valence-corrected chi connectivity index (χ4v) is 7.20. The largest absolute Gasteiger partial charge is 0.326 e. The Bertz CT molecular complexity index is 1190. The van der Waals surface area contributed by atoms with Gasteiger partial charge in [0.1, 0.15) is 0 Å². The number of sulfonamides is 1. The van der Waals surface area contributed by atoms with E-state index in [4.69, 9.17) is 0 Å². The Balaban J connectivity index is 1.35. The summed E-state index contributed by atoms with van der Waals surface area (Å²) in [5.74, 6) is -0.228. The zero-order valence-electron chi connectivity index (χ0n) is 21.3. The fraction of sp³-hybridized carbons (Fsp3) is 0.481. The van der Waals surface area contributed by atoms with Gasteiger partial charge in [-0.3, -0.25) is 14.5 Å². The van der Waals surface area contributed by atoms with Crippen LogP contribution in [0.4, 0.5) is 11.4 Å². The lowest BCUT2D eigenvalue weighted by Gasteiger charge is -2.53. The molecule has 9 heteroatoms.